The second-order valence-electron chi connectivity index (χ2n) is 3.55. The maximum atomic E-state index is 5.78. The number of hydrogen-bond donors (Lipinski definition) is 4. The van der Waals surface area contributed by atoms with E-state index >= 15 is 0 Å². The molecule has 0 unspecified atom stereocenters. The van der Waals surface area contributed by atoms with Crippen LogP contribution in [0, 0.1) is 0 Å². The van der Waals surface area contributed by atoms with E-state index in [-0.39, 0.29) is 0 Å². The van der Waals surface area contributed by atoms with Crippen molar-refractivity contribution in [1.29, 1.82) is 0 Å². The van der Waals surface area contributed by atoms with Crippen LogP contribution in [0.4, 0.5) is 11.4 Å². The molecule has 0 aliphatic heterocycles. The summed E-state index contributed by atoms with van der Waals surface area (Å²) in [7, 11) is 1.78. The second-order valence-corrected chi connectivity index (χ2v) is 3.55. The first-order valence-electron chi connectivity index (χ1n) is 5.42. The van der Waals surface area contributed by atoms with Crippen LogP contribution in [-0.4, -0.2) is 17.1 Å². The highest BCUT2D eigenvalue weighted by Gasteiger charge is 2.19. The molecule has 6 N–H and O–H groups in total. The van der Waals surface area contributed by atoms with Crippen molar-refractivity contribution in [2.75, 3.05) is 17.8 Å². The molecule has 0 saturated carbocycles. The molecule has 2 heterocycles. The van der Waals surface area contributed by atoms with Gasteiger partial charge in [0.05, 0.1) is 5.69 Å². The number of nitrogens with two attached hydrogens (primary N) is 2. The van der Waals surface area contributed by atoms with Gasteiger partial charge in [0.2, 0.25) is 0 Å². The van der Waals surface area contributed by atoms with E-state index in [1.54, 1.807) is 29.1 Å². The van der Waals surface area contributed by atoms with E-state index in [1.165, 1.54) is 6.20 Å². The largest absolute Gasteiger partial charge is 0.403 e. The Morgan fingerprint density at radius 1 is 1.56 bits per heavy atom. The monoisotopic (exact) mass is 246 g/mol. The number of aromatic nitrogens is 3. The van der Waals surface area contributed by atoms with Crippen molar-refractivity contribution in [2.24, 2.45) is 5.73 Å². The topological polar surface area (TPSA) is 99.9 Å². The lowest BCUT2D eigenvalue weighted by molar-refractivity contribution is -0.658. The summed E-state index contributed by atoms with van der Waals surface area (Å²) in [6.45, 7) is 0. The zero-order valence-corrected chi connectivity index (χ0v) is 10.0. The minimum Gasteiger partial charge on any atom is -0.403 e. The van der Waals surface area contributed by atoms with Gasteiger partial charge in [0.25, 0.3) is 0 Å². The first kappa shape index (κ1) is 11.9. The molecule has 0 saturated heterocycles. The summed E-state index contributed by atoms with van der Waals surface area (Å²) < 4.78 is 1.78. The summed E-state index contributed by atoms with van der Waals surface area (Å²) in [6.07, 6.45) is 8.39. The Balaban J connectivity index is 2.53. The standard InChI is InChI=1S/C11H15N7/c1-14-17(6-3-12)10-7-9(13)8-15-11(10)18-5-2-4-16-18/h2-8,14H,12-13H2,1H3/p+1. The molecule has 0 aliphatic rings. The first-order chi connectivity index (χ1) is 8.76. The minimum atomic E-state index is 0.576. The van der Waals surface area contributed by atoms with Crippen molar-refractivity contribution in [1.82, 2.24) is 15.5 Å². The average Bonchev–Trinajstić information content (AvgIpc) is 2.89. The minimum absolute atomic E-state index is 0.576. The molecule has 7 nitrogen and oxygen atoms in total. The maximum Gasteiger partial charge on any atom is 0.371 e. The Morgan fingerprint density at radius 3 is 3.00 bits per heavy atom. The summed E-state index contributed by atoms with van der Waals surface area (Å²) in [5, 5.41) is 4.77. The van der Waals surface area contributed by atoms with Gasteiger partial charge in [0, 0.05) is 25.6 Å². The molecule has 2 aromatic rings. The first-order valence-corrected chi connectivity index (χ1v) is 5.42. The number of H-pyrrole nitrogens is 1. The number of anilines is 2. The SMILES string of the molecule is CNN(C=CN)c1cc(N)cnc1-[n+]1ccc[nH]1. The molecule has 0 radical (unpaired) electrons. The van der Waals surface area contributed by atoms with E-state index < -0.39 is 0 Å². The fraction of sp³-hybridized carbons (Fsp3) is 0.0909. The van der Waals surface area contributed by atoms with E-state index in [0.717, 1.165) is 5.69 Å². The summed E-state index contributed by atoms with van der Waals surface area (Å²) in [5.41, 5.74) is 15.6. The molecule has 18 heavy (non-hydrogen) atoms. The number of aromatic amines is 1. The zero-order chi connectivity index (χ0) is 13.0. The molecule has 0 bridgehead atoms. The molecule has 0 amide bonds. The highest BCUT2D eigenvalue weighted by molar-refractivity contribution is 5.62. The number of pyridine rings is 1. The van der Waals surface area contributed by atoms with Crippen LogP contribution >= 0.6 is 0 Å². The fourth-order valence-corrected chi connectivity index (χ4v) is 1.61. The lowest BCUT2D eigenvalue weighted by atomic mass is 10.3. The molecule has 0 aliphatic carbocycles. The van der Waals surface area contributed by atoms with Gasteiger partial charge in [-0.15, -0.1) is 4.68 Å². The zero-order valence-electron chi connectivity index (χ0n) is 10.0. The van der Waals surface area contributed by atoms with Crippen LogP contribution in [0.15, 0.2) is 43.1 Å². The van der Waals surface area contributed by atoms with Crippen molar-refractivity contribution in [3.8, 4) is 5.82 Å². The van der Waals surface area contributed by atoms with Crippen molar-refractivity contribution < 1.29 is 4.68 Å². The summed E-state index contributed by atoms with van der Waals surface area (Å²) in [6, 6.07) is 3.69. The van der Waals surface area contributed by atoms with Crippen LogP contribution in [-0.2, 0) is 0 Å². The lowest BCUT2D eigenvalue weighted by Crippen LogP contribution is -2.38. The van der Waals surface area contributed by atoms with Gasteiger partial charge < -0.3 is 11.5 Å². The van der Waals surface area contributed by atoms with Crippen LogP contribution in [0.25, 0.3) is 5.82 Å². The van der Waals surface area contributed by atoms with Crippen LogP contribution < -0.4 is 26.6 Å². The number of nitrogens with zero attached hydrogens (tertiary/aromatic N) is 3. The third-order valence-electron chi connectivity index (χ3n) is 2.38. The van der Waals surface area contributed by atoms with Gasteiger partial charge in [-0.25, -0.2) is 10.5 Å². The Bertz CT molecular complexity index is 532. The van der Waals surface area contributed by atoms with Crippen LogP contribution in [0.5, 0.6) is 0 Å². The smallest absolute Gasteiger partial charge is 0.371 e. The number of hydrogen-bond acceptors (Lipinski definition) is 5. The molecule has 2 rings (SSSR count). The van der Waals surface area contributed by atoms with Crippen LogP contribution in [0.1, 0.15) is 0 Å². The summed E-state index contributed by atoms with van der Waals surface area (Å²) >= 11 is 0. The molecule has 0 fully saturated rings. The molecule has 0 aromatic carbocycles. The highest BCUT2D eigenvalue weighted by Crippen LogP contribution is 2.20. The molecule has 2 aromatic heterocycles. The second kappa shape index (κ2) is 5.19. The maximum absolute atomic E-state index is 5.78. The van der Waals surface area contributed by atoms with E-state index in [4.69, 9.17) is 11.5 Å². The van der Waals surface area contributed by atoms with Gasteiger partial charge >= 0.3 is 5.82 Å². The fourth-order valence-electron chi connectivity index (χ4n) is 1.61. The Labute approximate surface area is 105 Å². The molecular formula is C11H16N7+. The normalized spacial score (nSPS) is 10.9. The van der Waals surface area contributed by atoms with E-state index in [2.05, 4.69) is 15.5 Å². The summed E-state index contributed by atoms with van der Waals surface area (Å²) in [5.74, 6) is 0.710. The Kier molecular flexibility index (Phi) is 3.44. The molecule has 0 spiro atoms. The van der Waals surface area contributed by atoms with Crippen molar-refractivity contribution in [2.45, 2.75) is 0 Å². The Hall–Kier alpha value is -2.54. The number of nitrogen functional groups attached to an aromatic ring is 1. The average molecular weight is 246 g/mol. The predicted molar refractivity (Wildman–Crippen MR) is 69.4 cm³/mol. The van der Waals surface area contributed by atoms with Crippen molar-refractivity contribution in [3.63, 3.8) is 0 Å². The third kappa shape index (κ3) is 2.25. The Morgan fingerprint density at radius 2 is 2.39 bits per heavy atom. The third-order valence-corrected chi connectivity index (χ3v) is 2.38. The van der Waals surface area contributed by atoms with Gasteiger partial charge in [-0.2, -0.15) is 0 Å². The van der Waals surface area contributed by atoms with Gasteiger partial charge in [-0.1, -0.05) is 0 Å². The van der Waals surface area contributed by atoms with Gasteiger partial charge in [0.15, 0.2) is 11.9 Å². The number of hydrazine groups is 1. The van der Waals surface area contributed by atoms with Gasteiger partial charge in [0.1, 0.15) is 6.20 Å². The highest BCUT2D eigenvalue weighted by atomic mass is 15.5. The predicted octanol–water partition coefficient (Wildman–Crippen LogP) is -0.361. The van der Waals surface area contributed by atoms with Gasteiger partial charge in [-0.3, -0.25) is 5.01 Å². The summed E-state index contributed by atoms with van der Waals surface area (Å²) in [4.78, 5) is 4.32. The molecule has 0 atom stereocenters. The van der Waals surface area contributed by atoms with Crippen molar-refractivity contribution in [3.05, 3.63) is 43.1 Å². The van der Waals surface area contributed by atoms with Crippen LogP contribution in [0.2, 0.25) is 0 Å². The van der Waals surface area contributed by atoms with E-state index in [9.17, 15) is 0 Å². The van der Waals surface area contributed by atoms with E-state index in [0.29, 0.717) is 11.5 Å². The molecule has 94 valence electrons. The quantitative estimate of drug-likeness (QED) is 0.436. The van der Waals surface area contributed by atoms with E-state index in [1.807, 2.05) is 24.5 Å². The van der Waals surface area contributed by atoms with Crippen molar-refractivity contribution >= 4 is 11.4 Å². The molecular weight excluding hydrogens is 230 g/mol. The van der Waals surface area contributed by atoms with Gasteiger partial charge in [-0.05, 0) is 17.1 Å². The number of rotatable bonds is 4. The number of nitrogens with one attached hydrogen (secondary N) is 2. The van der Waals surface area contributed by atoms with Crippen LogP contribution in [0.3, 0.4) is 0 Å². The lowest BCUT2D eigenvalue weighted by Gasteiger charge is -2.17. The molecule has 7 heteroatoms.